The summed E-state index contributed by atoms with van der Waals surface area (Å²) in [4.78, 5) is 11.7. The van der Waals surface area contributed by atoms with Crippen molar-refractivity contribution >= 4 is 6.09 Å². The minimum Gasteiger partial charge on any atom is -0.449 e. The predicted octanol–water partition coefficient (Wildman–Crippen LogP) is 2.33. The third-order valence-electron chi connectivity index (χ3n) is 5.46. The van der Waals surface area contributed by atoms with Crippen molar-refractivity contribution in [3.8, 4) is 0 Å². The average Bonchev–Trinajstić information content (AvgIpc) is 3.41. The maximum absolute atomic E-state index is 11.7. The van der Waals surface area contributed by atoms with Crippen LogP contribution in [0.15, 0.2) is 11.6 Å². The zero-order chi connectivity index (χ0) is 16.1. The number of ether oxygens (including phenoxy) is 2. The van der Waals surface area contributed by atoms with Crippen molar-refractivity contribution in [2.24, 2.45) is 23.7 Å². The fourth-order valence-corrected chi connectivity index (χ4v) is 3.95. The lowest BCUT2D eigenvalue weighted by Gasteiger charge is -2.08. The molecule has 2 fully saturated rings. The first kappa shape index (κ1) is 16.8. The predicted molar refractivity (Wildman–Crippen MR) is 89.2 cm³/mol. The molecule has 3 rings (SSSR count). The summed E-state index contributed by atoms with van der Waals surface area (Å²) in [6.07, 6.45) is 7.34. The van der Waals surface area contributed by atoms with E-state index in [0.717, 1.165) is 30.8 Å². The van der Waals surface area contributed by atoms with E-state index in [1.54, 1.807) is 5.57 Å². The molecular formula is C18H30N2O3. The minimum atomic E-state index is -0.301. The summed E-state index contributed by atoms with van der Waals surface area (Å²) in [5.74, 6) is 3.02. The Morgan fingerprint density at radius 2 is 2.04 bits per heavy atom. The molecule has 0 aliphatic heterocycles. The first-order valence-electron chi connectivity index (χ1n) is 9.19. The molecule has 0 aromatic rings. The zero-order valence-corrected chi connectivity index (χ0v) is 14.2. The summed E-state index contributed by atoms with van der Waals surface area (Å²) >= 11 is 0. The number of allylic oxidation sites excluding steroid dienone is 2. The van der Waals surface area contributed by atoms with Crippen LogP contribution in [0.4, 0.5) is 4.79 Å². The van der Waals surface area contributed by atoms with Gasteiger partial charge in [0.1, 0.15) is 0 Å². The van der Waals surface area contributed by atoms with Crippen molar-refractivity contribution < 1.29 is 14.3 Å². The molecule has 23 heavy (non-hydrogen) atoms. The first-order chi connectivity index (χ1) is 11.3. The third kappa shape index (κ3) is 4.95. The highest BCUT2D eigenvalue weighted by atomic mass is 16.5. The van der Waals surface area contributed by atoms with Crippen LogP contribution >= 0.6 is 0 Å². The third-order valence-corrected chi connectivity index (χ3v) is 5.46. The topological polar surface area (TPSA) is 59.6 Å². The summed E-state index contributed by atoms with van der Waals surface area (Å²) in [7, 11) is 0. The van der Waals surface area contributed by atoms with Gasteiger partial charge in [0.2, 0.25) is 0 Å². The monoisotopic (exact) mass is 322 g/mol. The Morgan fingerprint density at radius 3 is 2.91 bits per heavy atom. The van der Waals surface area contributed by atoms with Crippen molar-refractivity contribution in [2.45, 2.75) is 32.6 Å². The van der Waals surface area contributed by atoms with Crippen LogP contribution in [0.5, 0.6) is 0 Å². The lowest BCUT2D eigenvalue weighted by Crippen LogP contribution is -2.29. The maximum Gasteiger partial charge on any atom is 0.407 e. The molecule has 4 unspecified atom stereocenters. The van der Waals surface area contributed by atoms with Gasteiger partial charge < -0.3 is 20.1 Å². The highest BCUT2D eigenvalue weighted by Gasteiger charge is 2.51. The van der Waals surface area contributed by atoms with Crippen LogP contribution < -0.4 is 10.6 Å². The summed E-state index contributed by atoms with van der Waals surface area (Å²) in [5.41, 5.74) is 1.68. The molecule has 0 aromatic carbocycles. The second kappa shape index (κ2) is 8.15. The quantitative estimate of drug-likeness (QED) is 0.505. The molecule has 0 spiro atoms. The number of hydrogen-bond donors (Lipinski definition) is 2. The number of rotatable bonds is 9. The van der Waals surface area contributed by atoms with E-state index < -0.39 is 0 Å². The molecule has 0 heterocycles. The van der Waals surface area contributed by atoms with Gasteiger partial charge in [-0.2, -0.15) is 0 Å². The fraction of sp³-hybridized carbons (Fsp3) is 0.833. The van der Waals surface area contributed by atoms with Crippen LogP contribution in [0, 0.1) is 23.7 Å². The molecule has 2 N–H and O–H groups in total. The van der Waals surface area contributed by atoms with E-state index in [2.05, 4.69) is 23.6 Å². The molecule has 0 saturated heterocycles. The van der Waals surface area contributed by atoms with Crippen molar-refractivity contribution in [2.75, 3.05) is 39.5 Å². The number of amides is 1. The number of likely N-dealkylation sites (N-methyl/N-ethyl adjacent to an activating group) is 1. The second-order valence-electron chi connectivity index (χ2n) is 6.95. The van der Waals surface area contributed by atoms with Crippen molar-refractivity contribution in [3.05, 3.63) is 11.6 Å². The standard InChI is InChI=1S/C18H30N2O3/c1-2-19-7-9-22-10-8-20-18(21)23-12-17-15-5-3-13-11-14(13)4-6-16(15)17/h11,13,15-17,19H,2-10,12H2,1H3,(H,20,21). The highest BCUT2D eigenvalue weighted by Crippen LogP contribution is 2.56. The van der Waals surface area contributed by atoms with E-state index in [9.17, 15) is 4.79 Å². The molecule has 3 aliphatic rings. The molecule has 5 nitrogen and oxygen atoms in total. The Morgan fingerprint density at radius 1 is 1.22 bits per heavy atom. The van der Waals surface area contributed by atoms with Crippen LogP contribution in [0.2, 0.25) is 0 Å². The SMILES string of the molecule is CCNCCOCCNC(=O)OCC1C2CCC3=CC3CCC21. The van der Waals surface area contributed by atoms with Gasteiger partial charge in [-0.15, -0.1) is 0 Å². The van der Waals surface area contributed by atoms with Gasteiger partial charge in [0.05, 0.1) is 19.8 Å². The number of fused-ring (bicyclic) bond motifs is 2. The molecule has 130 valence electrons. The molecule has 0 bridgehead atoms. The summed E-state index contributed by atoms with van der Waals surface area (Å²) in [5, 5.41) is 5.95. The Bertz CT molecular complexity index is 438. The van der Waals surface area contributed by atoms with Crippen LogP contribution in [0.1, 0.15) is 32.6 Å². The summed E-state index contributed by atoms with van der Waals surface area (Å²) in [6.45, 7) is 6.18. The van der Waals surface area contributed by atoms with Crippen molar-refractivity contribution in [3.63, 3.8) is 0 Å². The number of carbonyl (C=O) groups is 1. The van der Waals surface area contributed by atoms with E-state index in [4.69, 9.17) is 9.47 Å². The molecule has 0 aromatic heterocycles. The lowest BCUT2D eigenvalue weighted by molar-refractivity contribution is 0.119. The summed E-state index contributed by atoms with van der Waals surface area (Å²) in [6, 6.07) is 0. The smallest absolute Gasteiger partial charge is 0.407 e. The maximum atomic E-state index is 11.7. The molecular weight excluding hydrogens is 292 g/mol. The van der Waals surface area contributed by atoms with E-state index >= 15 is 0 Å². The number of nitrogens with one attached hydrogen (secondary N) is 2. The van der Waals surface area contributed by atoms with Gasteiger partial charge >= 0.3 is 6.09 Å². The van der Waals surface area contributed by atoms with E-state index in [0.29, 0.717) is 32.3 Å². The summed E-state index contributed by atoms with van der Waals surface area (Å²) < 4.78 is 10.8. The van der Waals surface area contributed by atoms with E-state index in [1.807, 2.05) is 0 Å². The van der Waals surface area contributed by atoms with Gasteiger partial charge in [0.15, 0.2) is 0 Å². The zero-order valence-electron chi connectivity index (χ0n) is 14.2. The Hall–Kier alpha value is -1.07. The van der Waals surface area contributed by atoms with Crippen molar-refractivity contribution in [1.82, 2.24) is 10.6 Å². The van der Waals surface area contributed by atoms with Gasteiger partial charge in [-0.1, -0.05) is 18.6 Å². The normalized spacial score (nSPS) is 31.1. The van der Waals surface area contributed by atoms with Crippen LogP contribution in [0.25, 0.3) is 0 Å². The van der Waals surface area contributed by atoms with Crippen molar-refractivity contribution in [1.29, 1.82) is 0 Å². The average molecular weight is 322 g/mol. The molecule has 3 aliphatic carbocycles. The Balaban J connectivity index is 1.21. The lowest BCUT2D eigenvalue weighted by atomic mass is 10.0. The Kier molecular flexibility index (Phi) is 5.95. The molecule has 1 amide bonds. The molecule has 4 atom stereocenters. The van der Waals surface area contributed by atoms with Gasteiger partial charge in [-0.3, -0.25) is 0 Å². The number of alkyl carbamates (subject to hydrolysis) is 1. The second-order valence-corrected chi connectivity index (χ2v) is 6.95. The van der Waals surface area contributed by atoms with Crippen LogP contribution in [-0.2, 0) is 9.47 Å². The largest absolute Gasteiger partial charge is 0.449 e. The van der Waals surface area contributed by atoms with Crippen LogP contribution in [0.3, 0.4) is 0 Å². The highest BCUT2D eigenvalue weighted by molar-refractivity contribution is 5.67. The van der Waals surface area contributed by atoms with Gasteiger partial charge in [-0.05, 0) is 55.9 Å². The molecule has 0 radical (unpaired) electrons. The number of carbonyl (C=O) groups excluding carboxylic acids is 1. The van der Waals surface area contributed by atoms with Crippen LogP contribution in [-0.4, -0.2) is 45.5 Å². The first-order valence-corrected chi connectivity index (χ1v) is 9.19. The fourth-order valence-electron chi connectivity index (χ4n) is 3.95. The van der Waals surface area contributed by atoms with Gasteiger partial charge in [0, 0.05) is 13.1 Å². The minimum absolute atomic E-state index is 0.301. The molecule has 5 heteroatoms. The van der Waals surface area contributed by atoms with E-state index in [1.165, 1.54) is 25.7 Å². The van der Waals surface area contributed by atoms with E-state index in [-0.39, 0.29) is 6.09 Å². The number of hydrogen-bond acceptors (Lipinski definition) is 4. The van der Waals surface area contributed by atoms with Gasteiger partial charge in [0.25, 0.3) is 0 Å². The van der Waals surface area contributed by atoms with Gasteiger partial charge in [-0.25, -0.2) is 4.79 Å². The molecule has 2 saturated carbocycles. The Labute approximate surface area is 139 Å².